The largest absolute Gasteiger partial charge is 0.377 e. The minimum atomic E-state index is 0.542. The Bertz CT molecular complexity index is 611. The van der Waals surface area contributed by atoms with Crippen molar-refractivity contribution < 1.29 is 4.74 Å². The van der Waals surface area contributed by atoms with E-state index in [-0.39, 0.29) is 0 Å². The molecule has 24 heavy (non-hydrogen) atoms. The van der Waals surface area contributed by atoms with E-state index in [0.717, 1.165) is 18.7 Å². The van der Waals surface area contributed by atoms with Gasteiger partial charge in [-0.05, 0) is 47.8 Å². The Balaban J connectivity index is 1.58. The van der Waals surface area contributed by atoms with E-state index in [0.29, 0.717) is 24.2 Å². The zero-order valence-corrected chi connectivity index (χ0v) is 15.2. The molecule has 0 saturated carbocycles. The molecule has 2 rings (SSSR count). The third kappa shape index (κ3) is 6.69. The number of thiocarbonyl (C=S) groups is 1. The van der Waals surface area contributed by atoms with E-state index in [4.69, 9.17) is 17.0 Å². The standard InChI is InChI=1S/C20H26N2OS/c1-16(2)18-9-11-19(12-10-18)22-20(24)21-13-6-14-23-15-17-7-4-3-5-8-17/h3-5,7-12,16H,6,13-15H2,1-2H3,(H2,21,22,24). The van der Waals surface area contributed by atoms with E-state index in [1.54, 1.807) is 0 Å². The molecular formula is C20H26N2OS. The van der Waals surface area contributed by atoms with Crippen molar-refractivity contribution in [2.75, 3.05) is 18.5 Å². The van der Waals surface area contributed by atoms with Crippen molar-refractivity contribution in [1.29, 1.82) is 0 Å². The van der Waals surface area contributed by atoms with Gasteiger partial charge in [-0.3, -0.25) is 0 Å². The lowest BCUT2D eigenvalue weighted by molar-refractivity contribution is 0.119. The predicted octanol–water partition coefficient (Wildman–Crippen LogP) is 4.70. The smallest absolute Gasteiger partial charge is 0.170 e. The van der Waals surface area contributed by atoms with Crippen molar-refractivity contribution in [2.24, 2.45) is 0 Å². The summed E-state index contributed by atoms with van der Waals surface area (Å²) in [6.45, 7) is 6.55. The number of hydrogen-bond acceptors (Lipinski definition) is 2. The molecule has 0 heterocycles. The maximum absolute atomic E-state index is 5.65. The van der Waals surface area contributed by atoms with Crippen LogP contribution in [0.25, 0.3) is 0 Å². The predicted molar refractivity (Wildman–Crippen MR) is 105 cm³/mol. The fraction of sp³-hybridized carbons (Fsp3) is 0.350. The van der Waals surface area contributed by atoms with Crippen LogP contribution in [0.1, 0.15) is 37.3 Å². The number of rotatable bonds is 8. The van der Waals surface area contributed by atoms with Gasteiger partial charge in [-0.15, -0.1) is 0 Å². The highest BCUT2D eigenvalue weighted by Gasteiger charge is 2.00. The first-order valence-corrected chi connectivity index (χ1v) is 8.82. The first-order chi connectivity index (χ1) is 11.6. The molecule has 0 amide bonds. The highest BCUT2D eigenvalue weighted by atomic mass is 32.1. The quantitative estimate of drug-likeness (QED) is 0.538. The van der Waals surface area contributed by atoms with E-state index in [2.05, 4.69) is 60.9 Å². The summed E-state index contributed by atoms with van der Waals surface area (Å²) >= 11 is 5.31. The third-order valence-electron chi connectivity index (χ3n) is 3.70. The molecule has 0 fully saturated rings. The van der Waals surface area contributed by atoms with Crippen molar-refractivity contribution in [3.05, 3.63) is 65.7 Å². The summed E-state index contributed by atoms with van der Waals surface area (Å²) < 4.78 is 5.65. The topological polar surface area (TPSA) is 33.3 Å². The molecule has 0 unspecified atom stereocenters. The summed E-state index contributed by atoms with van der Waals surface area (Å²) in [4.78, 5) is 0. The number of benzene rings is 2. The lowest BCUT2D eigenvalue weighted by atomic mass is 10.0. The third-order valence-corrected chi connectivity index (χ3v) is 3.94. The Labute approximate surface area is 150 Å². The Kier molecular flexibility index (Phi) is 7.72. The van der Waals surface area contributed by atoms with Gasteiger partial charge in [0.2, 0.25) is 0 Å². The van der Waals surface area contributed by atoms with Gasteiger partial charge in [0.25, 0.3) is 0 Å². The first kappa shape index (κ1) is 18.4. The Morgan fingerprint density at radius 1 is 1.04 bits per heavy atom. The minimum Gasteiger partial charge on any atom is -0.377 e. The van der Waals surface area contributed by atoms with Crippen molar-refractivity contribution in [1.82, 2.24) is 5.32 Å². The van der Waals surface area contributed by atoms with Crippen molar-refractivity contribution in [2.45, 2.75) is 32.8 Å². The monoisotopic (exact) mass is 342 g/mol. The lowest BCUT2D eigenvalue weighted by Gasteiger charge is -2.12. The Morgan fingerprint density at radius 2 is 1.75 bits per heavy atom. The summed E-state index contributed by atoms with van der Waals surface area (Å²) in [5.74, 6) is 0.542. The highest BCUT2D eigenvalue weighted by molar-refractivity contribution is 7.80. The molecule has 128 valence electrons. The Hall–Kier alpha value is -1.91. The maximum Gasteiger partial charge on any atom is 0.170 e. The van der Waals surface area contributed by atoms with E-state index in [9.17, 15) is 0 Å². The van der Waals surface area contributed by atoms with Crippen LogP contribution in [0, 0.1) is 0 Å². The minimum absolute atomic E-state index is 0.542. The molecule has 0 aliphatic rings. The second-order valence-corrected chi connectivity index (χ2v) is 6.46. The van der Waals surface area contributed by atoms with Crippen LogP contribution >= 0.6 is 12.2 Å². The van der Waals surface area contributed by atoms with Gasteiger partial charge < -0.3 is 15.4 Å². The molecule has 2 aromatic carbocycles. The van der Waals surface area contributed by atoms with Crippen LogP contribution in [0.2, 0.25) is 0 Å². The van der Waals surface area contributed by atoms with E-state index in [1.807, 2.05) is 18.2 Å². The fourth-order valence-corrected chi connectivity index (χ4v) is 2.49. The van der Waals surface area contributed by atoms with E-state index < -0.39 is 0 Å². The fourth-order valence-electron chi connectivity index (χ4n) is 2.27. The van der Waals surface area contributed by atoms with Crippen LogP contribution in [0.5, 0.6) is 0 Å². The number of ether oxygens (including phenoxy) is 1. The first-order valence-electron chi connectivity index (χ1n) is 8.41. The van der Waals surface area contributed by atoms with Crippen LogP contribution in [0.3, 0.4) is 0 Å². The van der Waals surface area contributed by atoms with Crippen molar-refractivity contribution in [3.63, 3.8) is 0 Å². The van der Waals surface area contributed by atoms with Gasteiger partial charge in [-0.1, -0.05) is 56.3 Å². The van der Waals surface area contributed by atoms with E-state index >= 15 is 0 Å². The molecule has 3 nitrogen and oxygen atoms in total. The SMILES string of the molecule is CC(C)c1ccc(NC(=S)NCCCOCc2ccccc2)cc1. The summed E-state index contributed by atoms with van der Waals surface area (Å²) in [6, 6.07) is 18.6. The zero-order chi connectivity index (χ0) is 17.2. The molecule has 0 atom stereocenters. The van der Waals surface area contributed by atoms with Gasteiger partial charge in [-0.25, -0.2) is 0 Å². The summed E-state index contributed by atoms with van der Waals surface area (Å²) in [5, 5.41) is 7.06. The number of anilines is 1. The second kappa shape index (κ2) is 10.1. The second-order valence-electron chi connectivity index (χ2n) is 6.05. The number of hydrogen-bond donors (Lipinski definition) is 2. The van der Waals surface area contributed by atoms with Crippen LogP contribution < -0.4 is 10.6 Å². The highest BCUT2D eigenvalue weighted by Crippen LogP contribution is 2.16. The summed E-state index contributed by atoms with van der Waals surface area (Å²) in [5.41, 5.74) is 3.54. The molecule has 2 N–H and O–H groups in total. The molecule has 0 spiro atoms. The van der Waals surface area contributed by atoms with Gasteiger partial charge in [0.05, 0.1) is 6.61 Å². The van der Waals surface area contributed by atoms with Gasteiger partial charge >= 0.3 is 0 Å². The molecule has 0 saturated heterocycles. The zero-order valence-electron chi connectivity index (χ0n) is 14.4. The molecule has 0 aromatic heterocycles. The van der Waals surface area contributed by atoms with Gasteiger partial charge in [0.1, 0.15) is 0 Å². The van der Waals surface area contributed by atoms with Gasteiger partial charge in [0.15, 0.2) is 5.11 Å². The molecule has 2 aromatic rings. The molecule has 4 heteroatoms. The van der Waals surface area contributed by atoms with Crippen LogP contribution in [0.15, 0.2) is 54.6 Å². The molecule has 0 radical (unpaired) electrons. The maximum atomic E-state index is 5.65. The summed E-state index contributed by atoms with van der Waals surface area (Å²) in [6.07, 6.45) is 0.918. The van der Waals surface area contributed by atoms with Gasteiger partial charge in [0, 0.05) is 18.8 Å². The van der Waals surface area contributed by atoms with Gasteiger partial charge in [-0.2, -0.15) is 0 Å². The molecule has 0 bridgehead atoms. The van der Waals surface area contributed by atoms with Crippen LogP contribution in [-0.2, 0) is 11.3 Å². The number of nitrogens with one attached hydrogen (secondary N) is 2. The van der Waals surface area contributed by atoms with Crippen LogP contribution in [-0.4, -0.2) is 18.3 Å². The Morgan fingerprint density at radius 3 is 2.42 bits per heavy atom. The average Bonchev–Trinajstić information content (AvgIpc) is 2.59. The molecular weight excluding hydrogens is 316 g/mol. The van der Waals surface area contributed by atoms with Crippen molar-refractivity contribution in [3.8, 4) is 0 Å². The lowest BCUT2D eigenvalue weighted by Crippen LogP contribution is -2.29. The van der Waals surface area contributed by atoms with Crippen LogP contribution in [0.4, 0.5) is 5.69 Å². The average molecular weight is 343 g/mol. The van der Waals surface area contributed by atoms with E-state index in [1.165, 1.54) is 11.1 Å². The normalized spacial score (nSPS) is 10.6. The molecule has 0 aliphatic carbocycles. The summed E-state index contributed by atoms with van der Waals surface area (Å²) in [7, 11) is 0. The molecule has 0 aliphatic heterocycles. The van der Waals surface area contributed by atoms with Crippen molar-refractivity contribution >= 4 is 23.0 Å².